The van der Waals surface area contributed by atoms with Gasteiger partial charge in [0, 0.05) is 31.2 Å². The van der Waals surface area contributed by atoms with E-state index in [1.54, 1.807) is 43.5 Å². The largest absolute Gasteiger partial charge is 0.383 e. The Labute approximate surface area is 156 Å². The molecule has 5 nitrogen and oxygen atoms in total. The fraction of sp³-hybridized carbons (Fsp3) is 0.300. The summed E-state index contributed by atoms with van der Waals surface area (Å²) in [5.41, 5.74) is 1.10. The van der Waals surface area contributed by atoms with Crippen LogP contribution in [-0.2, 0) is 9.53 Å². The zero-order chi connectivity index (χ0) is 19.2. The molecule has 1 unspecified atom stereocenters. The summed E-state index contributed by atoms with van der Waals surface area (Å²) in [6.07, 6.45) is 0.242. The number of carbonyl (C=O) groups is 1. The van der Waals surface area contributed by atoms with Gasteiger partial charge in [-0.2, -0.15) is 5.10 Å². The first-order valence-electron chi connectivity index (χ1n) is 8.70. The molecule has 0 aliphatic carbocycles. The molecule has 0 saturated carbocycles. The molecule has 142 valence electrons. The first-order valence-corrected chi connectivity index (χ1v) is 8.70. The molecular weight excluding hydrogens is 352 g/mol. The minimum absolute atomic E-state index is 0.0301. The number of halogens is 2. The third-order valence-corrected chi connectivity index (χ3v) is 4.37. The quantitative estimate of drug-likeness (QED) is 0.760. The molecule has 0 saturated heterocycles. The van der Waals surface area contributed by atoms with E-state index in [1.165, 1.54) is 17.1 Å². The molecule has 27 heavy (non-hydrogen) atoms. The van der Waals surface area contributed by atoms with Gasteiger partial charge in [0.15, 0.2) is 0 Å². The number of hydrogen-bond donors (Lipinski definition) is 1. The highest BCUT2D eigenvalue weighted by Gasteiger charge is 2.34. The summed E-state index contributed by atoms with van der Waals surface area (Å²) in [5, 5.41) is 8.55. The van der Waals surface area contributed by atoms with Crippen LogP contribution in [-0.4, -0.2) is 43.4 Å². The van der Waals surface area contributed by atoms with Gasteiger partial charge < -0.3 is 10.1 Å². The van der Waals surface area contributed by atoms with Gasteiger partial charge in [0.05, 0.1) is 24.9 Å². The van der Waals surface area contributed by atoms with Gasteiger partial charge in [-0.05, 0) is 12.1 Å². The fourth-order valence-corrected chi connectivity index (χ4v) is 3.04. The number of methoxy groups -OCH3 is 1. The van der Waals surface area contributed by atoms with E-state index in [9.17, 15) is 13.6 Å². The van der Waals surface area contributed by atoms with Crippen molar-refractivity contribution in [1.29, 1.82) is 0 Å². The molecule has 0 radical (unpaired) electrons. The molecule has 2 aromatic carbocycles. The van der Waals surface area contributed by atoms with Crippen molar-refractivity contribution in [2.24, 2.45) is 5.10 Å². The maximum Gasteiger partial charge on any atom is 0.257 e. The van der Waals surface area contributed by atoms with Crippen molar-refractivity contribution in [1.82, 2.24) is 10.3 Å². The summed E-state index contributed by atoms with van der Waals surface area (Å²) in [7, 11) is 1.57. The number of nitrogens with zero attached hydrogens (tertiary/aromatic N) is 2. The molecule has 1 N–H and O–H groups in total. The van der Waals surface area contributed by atoms with Crippen molar-refractivity contribution in [2.75, 3.05) is 26.8 Å². The Hall–Kier alpha value is -2.64. The highest BCUT2D eigenvalue weighted by Crippen LogP contribution is 2.34. The van der Waals surface area contributed by atoms with E-state index >= 15 is 0 Å². The molecule has 0 spiro atoms. The van der Waals surface area contributed by atoms with Gasteiger partial charge >= 0.3 is 0 Å². The van der Waals surface area contributed by atoms with Crippen molar-refractivity contribution in [3.63, 3.8) is 0 Å². The molecule has 0 bridgehead atoms. The summed E-state index contributed by atoms with van der Waals surface area (Å²) in [6, 6.07) is 11.9. The van der Waals surface area contributed by atoms with Crippen molar-refractivity contribution < 1.29 is 18.3 Å². The minimum Gasteiger partial charge on any atom is -0.383 e. The predicted octanol–water partition coefficient (Wildman–Crippen LogP) is 2.88. The summed E-state index contributed by atoms with van der Waals surface area (Å²) >= 11 is 0. The Bertz CT molecular complexity index is 841. The summed E-state index contributed by atoms with van der Waals surface area (Å²) in [5.74, 6) is -1.15. The predicted molar refractivity (Wildman–Crippen MR) is 98.3 cm³/mol. The van der Waals surface area contributed by atoms with E-state index in [0.29, 0.717) is 30.0 Å². The molecule has 7 heteroatoms. The third-order valence-electron chi connectivity index (χ3n) is 4.37. The first-order chi connectivity index (χ1) is 13.1. The van der Waals surface area contributed by atoms with Crippen LogP contribution in [0.5, 0.6) is 0 Å². The lowest BCUT2D eigenvalue weighted by atomic mass is 9.98. The van der Waals surface area contributed by atoms with Crippen molar-refractivity contribution in [2.45, 2.75) is 12.5 Å². The second-order valence-corrected chi connectivity index (χ2v) is 6.18. The number of nitrogens with one attached hydrogen (secondary N) is 1. The van der Waals surface area contributed by atoms with Crippen molar-refractivity contribution in [3.8, 4) is 0 Å². The van der Waals surface area contributed by atoms with E-state index in [4.69, 9.17) is 4.74 Å². The van der Waals surface area contributed by atoms with Gasteiger partial charge in [-0.1, -0.05) is 36.4 Å². The Morgan fingerprint density at radius 3 is 2.59 bits per heavy atom. The molecule has 0 aromatic heterocycles. The van der Waals surface area contributed by atoms with Gasteiger partial charge in [-0.3, -0.25) is 4.79 Å². The van der Waals surface area contributed by atoms with Gasteiger partial charge in [-0.15, -0.1) is 0 Å². The average molecular weight is 373 g/mol. The van der Waals surface area contributed by atoms with Crippen LogP contribution < -0.4 is 5.32 Å². The van der Waals surface area contributed by atoms with E-state index in [2.05, 4.69) is 10.4 Å². The molecule has 1 aliphatic rings. The van der Waals surface area contributed by atoms with Gasteiger partial charge in [0.2, 0.25) is 0 Å². The number of hydrazone groups is 1. The second kappa shape index (κ2) is 8.83. The number of hydrogen-bond acceptors (Lipinski definition) is 4. The molecular formula is C20H21F2N3O2. The lowest BCUT2D eigenvalue weighted by Gasteiger charge is -2.22. The molecule has 1 atom stereocenters. The van der Waals surface area contributed by atoms with Crippen LogP contribution in [0.4, 0.5) is 8.78 Å². The van der Waals surface area contributed by atoms with Crippen LogP contribution in [0, 0.1) is 11.6 Å². The average Bonchev–Trinajstić information content (AvgIpc) is 3.11. The normalized spacial score (nSPS) is 16.5. The Morgan fingerprint density at radius 1 is 1.19 bits per heavy atom. The van der Waals surface area contributed by atoms with Gasteiger partial charge in [0.25, 0.3) is 5.91 Å². The van der Waals surface area contributed by atoms with Crippen LogP contribution in [0.3, 0.4) is 0 Å². The zero-order valence-electron chi connectivity index (χ0n) is 15.0. The molecule has 3 rings (SSSR count). The fourth-order valence-electron chi connectivity index (χ4n) is 3.04. The van der Waals surface area contributed by atoms with E-state index in [1.807, 2.05) is 0 Å². The van der Waals surface area contributed by atoms with Crippen LogP contribution in [0.25, 0.3) is 0 Å². The van der Waals surface area contributed by atoms with E-state index < -0.39 is 17.7 Å². The van der Waals surface area contributed by atoms with Crippen LogP contribution in [0.2, 0.25) is 0 Å². The topological polar surface area (TPSA) is 53.9 Å². The first kappa shape index (κ1) is 19.1. The van der Waals surface area contributed by atoms with Crippen LogP contribution in [0.15, 0.2) is 53.6 Å². The van der Waals surface area contributed by atoms with Crippen molar-refractivity contribution in [3.05, 3.63) is 71.3 Å². The maximum atomic E-state index is 14.3. The van der Waals surface area contributed by atoms with Gasteiger partial charge in [0.1, 0.15) is 11.6 Å². The standard InChI is InChI=1S/C20H21F2N3O2/c1-27-11-10-23-13-20(26)25-19(15-7-3-5-9-17(15)22)12-18(24-25)14-6-2-4-8-16(14)21/h2-9,19,23H,10-13H2,1H3. The summed E-state index contributed by atoms with van der Waals surface area (Å²) in [6.45, 7) is 1.00. The van der Waals surface area contributed by atoms with Crippen LogP contribution in [0.1, 0.15) is 23.6 Å². The van der Waals surface area contributed by atoms with E-state index in [0.717, 1.165) is 0 Å². The molecule has 2 aromatic rings. The van der Waals surface area contributed by atoms with Crippen molar-refractivity contribution >= 4 is 11.6 Å². The third kappa shape index (κ3) is 4.37. The summed E-state index contributed by atoms with van der Waals surface area (Å²) < 4.78 is 33.5. The van der Waals surface area contributed by atoms with E-state index in [-0.39, 0.29) is 18.9 Å². The lowest BCUT2D eigenvalue weighted by Crippen LogP contribution is -2.36. The summed E-state index contributed by atoms with van der Waals surface area (Å²) in [4.78, 5) is 12.7. The Kier molecular flexibility index (Phi) is 6.26. The molecule has 1 heterocycles. The molecule has 0 fully saturated rings. The second-order valence-electron chi connectivity index (χ2n) is 6.18. The maximum absolute atomic E-state index is 14.3. The van der Waals surface area contributed by atoms with Gasteiger partial charge in [-0.25, -0.2) is 13.8 Å². The SMILES string of the molecule is COCCNCC(=O)N1N=C(c2ccccc2F)CC1c1ccccc1F. The number of rotatable bonds is 7. The highest BCUT2D eigenvalue weighted by molar-refractivity contribution is 6.03. The molecule has 1 amide bonds. The number of ether oxygens (including phenoxy) is 1. The minimum atomic E-state index is -0.613. The molecule has 1 aliphatic heterocycles. The zero-order valence-corrected chi connectivity index (χ0v) is 15.0. The monoisotopic (exact) mass is 373 g/mol. The lowest BCUT2D eigenvalue weighted by molar-refractivity contribution is -0.132. The number of benzene rings is 2. The van der Waals surface area contributed by atoms with Crippen LogP contribution >= 0.6 is 0 Å². The smallest absolute Gasteiger partial charge is 0.257 e. The number of carbonyl (C=O) groups excluding carboxylic acids is 1. The Morgan fingerprint density at radius 2 is 1.89 bits per heavy atom. The highest BCUT2D eigenvalue weighted by atomic mass is 19.1. The number of amides is 1. The Balaban J connectivity index is 1.87.